The molecule has 0 aliphatic rings. The van der Waals surface area contributed by atoms with Crippen molar-refractivity contribution in [3.05, 3.63) is 0 Å². The van der Waals surface area contributed by atoms with E-state index < -0.39 is 16.9 Å². The largest absolute Gasteiger partial charge is 0.481 e. The molecule has 78 valence electrons. The summed E-state index contributed by atoms with van der Waals surface area (Å²) in [6.45, 7) is 5.80. The van der Waals surface area contributed by atoms with Gasteiger partial charge in [-0.2, -0.15) is 0 Å². The number of carboxylic acid groups (broad SMARTS) is 1. The molecular formula is C9H19NO3. The molecule has 1 unspecified atom stereocenters. The van der Waals surface area contributed by atoms with Crippen LogP contribution in [0.25, 0.3) is 0 Å². The van der Waals surface area contributed by atoms with Crippen LogP contribution in [0.3, 0.4) is 0 Å². The molecule has 3 N–H and O–H groups in total. The van der Waals surface area contributed by atoms with Crippen molar-refractivity contribution in [2.24, 2.45) is 11.1 Å². The summed E-state index contributed by atoms with van der Waals surface area (Å²) in [5, 5.41) is 8.73. The summed E-state index contributed by atoms with van der Waals surface area (Å²) in [6.07, 6.45) is 0.0182. The lowest BCUT2D eigenvalue weighted by molar-refractivity contribution is -0.141. The van der Waals surface area contributed by atoms with Crippen LogP contribution < -0.4 is 5.73 Å². The van der Waals surface area contributed by atoms with Crippen LogP contribution in [0.2, 0.25) is 0 Å². The Kier molecular flexibility index (Phi) is 3.88. The van der Waals surface area contributed by atoms with Gasteiger partial charge >= 0.3 is 5.97 Å². The first-order chi connectivity index (χ1) is 5.73. The zero-order chi connectivity index (χ0) is 10.7. The number of aliphatic carboxylic acids is 1. The number of hydrogen-bond donors (Lipinski definition) is 2. The molecule has 0 aliphatic carbocycles. The van der Waals surface area contributed by atoms with E-state index in [1.807, 2.05) is 20.8 Å². The number of carboxylic acids is 1. The molecule has 4 heteroatoms. The fourth-order valence-corrected chi connectivity index (χ4v) is 1.12. The van der Waals surface area contributed by atoms with Crippen molar-refractivity contribution < 1.29 is 14.6 Å². The monoisotopic (exact) mass is 189 g/mol. The molecule has 0 radical (unpaired) electrons. The van der Waals surface area contributed by atoms with E-state index >= 15 is 0 Å². The molecule has 0 saturated carbocycles. The second-order valence-electron chi connectivity index (χ2n) is 4.29. The Morgan fingerprint density at radius 3 is 2.15 bits per heavy atom. The van der Waals surface area contributed by atoms with Crippen LogP contribution in [-0.4, -0.2) is 30.3 Å². The second-order valence-corrected chi connectivity index (χ2v) is 4.29. The van der Waals surface area contributed by atoms with E-state index in [2.05, 4.69) is 0 Å². The molecule has 0 heterocycles. The van der Waals surface area contributed by atoms with E-state index in [4.69, 9.17) is 15.6 Å². The summed E-state index contributed by atoms with van der Waals surface area (Å²) < 4.78 is 4.99. The predicted octanol–water partition coefficient (Wildman–Crippen LogP) is 0.851. The van der Waals surface area contributed by atoms with Crippen molar-refractivity contribution in [3.63, 3.8) is 0 Å². The molecule has 0 fully saturated rings. The van der Waals surface area contributed by atoms with Crippen LogP contribution in [0.5, 0.6) is 0 Å². The topological polar surface area (TPSA) is 72.5 Å². The minimum atomic E-state index is -0.849. The molecule has 0 aliphatic heterocycles. The summed E-state index contributed by atoms with van der Waals surface area (Å²) in [7, 11) is 1.55. The Labute approximate surface area is 79.1 Å². The van der Waals surface area contributed by atoms with E-state index in [1.165, 1.54) is 0 Å². The maximum absolute atomic E-state index is 10.6. The SMILES string of the molecule is COCC(C)(CC(=O)O)C(C)(C)N. The molecule has 0 aromatic rings. The predicted molar refractivity (Wildman–Crippen MR) is 50.5 cm³/mol. The third-order valence-electron chi connectivity index (χ3n) is 2.56. The first-order valence-electron chi connectivity index (χ1n) is 4.22. The van der Waals surface area contributed by atoms with E-state index in [-0.39, 0.29) is 6.42 Å². The van der Waals surface area contributed by atoms with Crippen molar-refractivity contribution in [2.75, 3.05) is 13.7 Å². The highest BCUT2D eigenvalue weighted by Gasteiger charge is 2.40. The van der Waals surface area contributed by atoms with Crippen LogP contribution in [-0.2, 0) is 9.53 Å². The highest BCUT2D eigenvalue weighted by atomic mass is 16.5. The molecule has 0 saturated heterocycles. The maximum atomic E-state index is 10.6. The number of hydrogen-bond acceptors (Lipinski definition) is 3. The first-order valence-corrected chi connectivity index (χ1v) is 4.22. The Balaban J connectivity index is 4.62. The minimum Gasteiger partial charge on any atom is -0.481 e. The Bertz CT molecular complexity index is 186. The van der Waals surface area contributed by atoms with Crippen LogP contribution >= 0.6 is 0 Å². The van der Waals surface area contributed by atoms with Gasteiger partial charge in [0.2, 0.25) is 0 Å². The van der Waals surface area contributed by atoms with Gasteiger partial charge in [-0.1, -0.05) is 6.92 Å². The summed E-state index contributed by atoms with van der Waals surface area (Å²) >= 11 is 0. The molecule has 13 heavy (non-hydrogen) atoms. The fourth-order valence-electron chi connectivity index (χ4n) is 1.12. The normalized spacial score (nSPS) is 16.7. The Morgan fingerprint density at radius 2 is 1.92 bits per heavy atom. The standard InChI is InChI=1S/C9H19NO3/c1-8(2,10)9(3,6-13-4)5-7(11)12/h5-6,10H2,1-4H3,(H,11,12). The lowest BCUT2D eigenvalue weighted by atomic mass is 9.72. The lowest BCUT2D eigenvalue weighted by Crippen LogP contribution is -2.52. The average molecular weight is 189 g/mol. The van der Waals surface area contributed by atoms with Crippen molar-refractivity contribution in [3.8, 4) is 0 Å². The number of rotatable bonds is 5. The highest BCUT2D eigenvalue weighted by Crippen LogP contribution is 2.32. The number of ether oxygens (including phenoxy) is 1. The van der Waals surface area contributed by atoms with Gasteiger partial charge in [0.15, 0.2) is 0 Å². The minimum absolute atomic E-state index is 0.0182. The third-order valence-corrected chi connectivity index (χ3v) is 2.56. The molecule has 0 spiro atoms. The highest BCUT2D eigenvalue weighted by molar-refractivity contribution is 5.68. The van der Waals surface area contributed by atoms with E-state index in [0.29, 0.717) is 6.61 Å². The van der Waals surface area contributed by atoms with Crippen molar-refractivity contribution in [2.45, 2.75) is 32.7 Å². The molecule has 4 nitrogen and oxygen atoms in total. The van der Waals surface area contributed by atoms with E-state index in [9.17, 15) is 4.79 Å². The van der Waals surface area contributed by atoms with Crippen LogP contribution in [0.15, 0.2) is 0 Å². The zero-order valence-electron chi connectivity index (χ0n) is 8.76. The summed E-state index contributed by atoms with van der Waals surface area (Å²) in [4.78, 5) is 10.6. The number of methoxy groups -OCH3 is 1. The smallest absolute Gasteiger partial charge is 0.304 e. The van der Waals surface area contributed by atoms with Gasteiger partial charge in [0.05, 0.1) is 13.0 Å². The third kappa shape index (κ3) is 3.32. The lowest BCUT2D eigenvalue weighted by Gasteiger charge is -2.40. The molecule has 1 atom stereocenters. The van der Waals surface area contributed by atoms with Gasteiger partial charge < -0.3 is 15.6 Å². The van der Waals surface area contributed by atoms with E-state index in [0.717, 1.165) is 0 Å². The van der Waals surface area contributed by atoms with Gasteiger partial charge in [-0.05, 0) is 13.8 Å². The van der Waals surface area contributed by atoms with Gasteiger partial charge in [-0.25, -0.2) is 0 Å². The molecule has 0 amide bonds. The van der Waals surface area contributed by atoms with Gasteiger partial charge in [0, 0.05) is 18.1 Å². The van der Waals surface area contributed by atoms with Crippen LogP contribution in [0.1, 0.15) is 27.2 Å². The number of carbonyl (C=O) groups is 1. The van der Waals surface area contributed by atoms with Crippen molar-refractivity contribution in [1.82, 2.24) is 0 Å². The van der Waals surface area contributed by atoms with Gasteiger partial charge in [-0.3, -0.25) is 4.79 Å². The molecule has 0 aromatic carbocycles. The zero-order valence-corrected chi connectivity index (χ0v) is 8.76. The van der Waals surface area contributed by atoms with Gasteiger partial charge in [-0.15, -0.1) is 0 Å². The van der Waals surface area contributed by atoms with Crippen LogP contribution in [0, 0.1) is 5.41 Å². The Hall–Kier alpha value is -0.610. The average Bonchev–Trinajstić information content (AvgIpc) is 1.82. The van der Waals surface area contributed by atoms with Crippen molar-refractivity contribution >= 4 is 5.97 Å². The second kappa shape index (κ2) is 4.07. The molecule has 0 rings (SSSR count). The molecular weight excluding hydrogens is 170 g/mol. The maximum Gasteiger partial charge on any atom is 0.304 e. The van der Waals surface area contributed by atoms with Crippen LogP contribution in [0.4, 0.5) is 0 Å². The molecule has 0 aromatic heterocycles. The van der Waals surface area contributed by atoms with E-state index in [1.54, 1.807) is 7.11 Å². The number of nitrogens with two attached hydrogens (primary N) is 1. The summed E-state index contributed by atoms with van der Waals surface area (Å²) in [6, 6.07) is 0. The van der Waals surface area contributed by atoms with Crippen molar-refractivity contribution in [1.29, 1.82) is 0 Å². The quantitative estimate of drug-likeness (QED) is 0.672. The molecule has 0 bridgehead atoms. The fraction of sp³-hybridized carbons (Fsp3) is 0.889. The summed E-state index contributed by atoms with van der Waals surface area (Å²) in [5.74, 6) is -0.849. The first kappa shape index (κ1) is 12.4. The summed E-state index contributed by atoms with van der Waals surface area (Å²) in [5.41, 5.74) is 4.80. The Morgan fingerprint density at radius 1 is 1.46 bits per heavy atom. The van der Waals surface area contributed by atoms with Gasteiger partial charge in [0.1, 0.15) is 0 Å². The van der Waals surface area contributed by atoms with Gasteiger partial charge in [0.25, 0.3) is 0 Å².